The summed E-state index contributed by atoms with van der Waals surface area (Å²) in [6.45, 7) is 2.06. The molecule has 0 spiro atoms. The minimum Gasteiger partial charge on any atom is -0.465 e. The molecule has 0 heterocycles. The highest BCUT2D eigenvalue weighted by Crippen LogP contribution is 2.17. The highest BCUT2D eigenvalue weighted by molar-refractivity contribution is 6.30. The van der Waals surface area contributed by atoms with Crippen LogP contribution in [0.5, 0.6) is 0 Å². The van der Waals surface area contributed by atoms with Gasteiger partial charge in [-0.25, -0.2) is 4.79 Å². The van der Waals surface area contributed by atoms with E-state index in [0.29, 0.717) is 22.8 Å². The van der Waals surface area contributed by atoms with Crippen molar-refractivity contribution < 1.29 is 19.1 Å². The van der Waals surface area contributed by atoms with E-state index in [2.05, 4.69) is 10.1 Å². The van der Waals surface area contributed by atoms with Crippen LogP contribution in [0.2, 0.25) is 5.02 Å². The number of hydrogen-bond acceptors (Lipinski definition) is 4. The lowest BCUT2D eigenvalue weighted by Crippen LogP contribution is -2.33. The van der Waals surface area contributed by atoms with Crippen molar-refractivity contribution in [1.29, 1.82) is 0 Å². The standard InChI is InChI=1S/C20H21ClN2O4/c1-14(24)23(18-9-5-16(6-10-18)20(26)27-2)12-11-19(25)22-13-15-3-7-17(21)8-4-15/h3-10H,11-13H2,1-2H3,(H,22,25). The summed E-state index contributed by atoms with van der Waals surface area (Å²) in [5.41, 5.74) is 1.95. The van der Waals surface area contributed by atoms with E-state index in [-0.39, 0.29) is 24.8 Å². The first kappa shape index (κ1) is 20.5. The van der Waals surface area contributed by atoms with Gasteiger partial charge in [0.2, 0.25) is 11.8 Å². The second-order valence-electron chi connectivity index (χ2n) is 5.86. The minimum absolute atomic E-state index is 0.159. The third-order valence-electron chi connectivity index (χ3n) is 3.95. The largest absolute Gasteiger partial charge is 0.465 e. The predicted molar refractivity (Wildman–Crippen MR) is 104 cm³/mol. The Hall–Kier alpha value is -2.86. The second-order valence-corrected chi connectivity index (χ2v) is 6.30. The van der Waals surface area contributed by atoms with Crippen LogP contribution in [0.1, 0.15) is 29.3 Å². The van der Waals surface area contributed by atoms with Crippen molar-refractivity contribution in [3.63, 3.8) is 0 Å². The third-order valence-corrected chi connectivity index (χ3v) is 4.20. The van der Waals surface area contributed by atoms with E-state index >= 15 is 0 Å². The number of hydrogen-bond donors (Lipinski definition) is 1. The second kappa shape index (κ2) is 9.73. The summed E-state index contributed by atoms with van der Waals surface area (Å²) in [6.07, 6.45) is 0.159. The molecule has 0 saturated heterocycles. The van der Waals surface area contributed by atoms with Crippen molar-refractivity contribution >= 4 is 35.1 Å². The zero-order valence-electron chi connectivity index (χ0n) is 15.2. The lowest BCUT2D eigenvalue weighted by atomic mass is 10.2. The molecule has 0 aliphatic heterocycles. The number of ether oxygens (including phenoxy) is 1. The molecule has 1 N–H and O–H groups in total. The van der Waals surface area contributed by atoms with Gasteiger partial charge in [0, 0.05) is 37.1 Å². The fourth-order valence-corrected chi connectivity index (χ4v) is 2.59. The Balaban J connectivity index is 1.91. The quantitative estimate of drug-likeness (QED) is 0.739. The average Bonchev–Trinajstić information content (AvgIpc) is 2.67. The zero-order chi connectivity index (χ0) is 19.8. The van der Waals surface area contributed by atoms with Crippen molar-refractivity contribution in [2.75, 3.05) is 18.6 Å². The highest BCUT2D eigenvalue weighted by Gasteiger charge is 2.14. The minimum atomic E-state index is -0.447. The van der Waals surface area contributed by atoms with Crippen LogP contribution in [0.4, 0.5) is 5.69 Å². The van der Waals surface area contributed by atoms with E-state index < -0.39 is 5.97 Å². The van der Waals surface area contributed by atoms with Crippen LogP contribution in [0.3, 0.4) is 0 Å². The highest BCUT2D eigenvalue weighted by atomic mass is 35.5. The molecule has 6 nitrogen and oxygen atoms in total. The summed E-state index contributed by atoms with van der Waals surface area (Å²) in [4.78, 5) is 37.0. The van der Waals surface area contributed by atoms with Gasteiger partial charge in [-0.3, -0.25) is 9.59 Å². The van der Waals surface area contributed by atoms with Crippen LogP contribution in [0.25, 0.3) is 0 Å². The van der Waals surface area contributed by atoms with Crippen molar-refractivity contribution in [2.24, 2.45) is 0 Å². The molecule has 0 aliphatic carbocycles. The molecule has 2 amide bonds. The maximum absolute atomic E-state index is 12.1. The Kier molecular flexibility index (Phi) is 7.37. The molecule has 0 saturated carbocycles. The maximum Gasteiger partial charge on any atom is 0.337 e. The van der Waals surface area contributed by atoms with Crippen molar-refractivity contribution in [1.82, 2.24) is 5.32 Å². The van der Waals surface area contributed by atoms with Crippen LogP contribution >= 0.6 is 11.6 Å². The van der Waals surface area contributed by atoms with E-state index in [4.69, 9.17) is 11.6 Å². The van der Waals surface area contributed by atoms with Crippen LogP contribution in [-0.4, -0.2) is 31.4 Å². The molecule has 7 heteroatoms. The van der Waals surface area contributed by atoms with E-state index in [1.165, 1.54) is 18.9 Å². The van der Waals surface area contributed by atoms with Gasteiger partial charge in [-0.2, -0.15) is 0 Å². The normalized spacial score (nSPS) is 10.2. The number of rotatable bonds is 7. The molecule has 2 aromatic rings. The Morgan fingerprint density at radius 1 is 1.04 bits per heavy atom. The van der Waals surface area contributed by atoms with E-state index in [9.17, 15) is 14.4 Å². The van der Waals surface area contributed by atoms with Crippen LogP contribution < -0.4 is 10.2 Å². The maximum atomic E-state index is 12.1. The molecule has 0 radical (unpaired) electrons. The van der Waals surface area contributed by atoms with Gasteiger partial charge in [-0.15, -0.1) is 0 Å². The fourth-order valence-electron chi connectivity index (χ4n) is 2.47. The van der Waals surface area contributed by atoms with Gasteiger partial charge in [0.05, 0.1) is 12.7 Å². The van der Waals surface area contributed by atoms with Crippen LogP contribution in [0.15, 0.2) is 48.5 Å². The number of methoxy groups -OCH3 is 1. The van der Waals surface area contributed by atoms with Gasteiger partial charge >= 0.3 is 5.97 Å². The molecule has 0 atom stereocenters. The summed E-state index contributed by atoms with van der Waals surface area (Å²) in [7, 11) is 1.31. The molecule has 0 fully saturated rings. The number of halogens is 1. The number of carbonyl (C=O) groups is 3. The Bertz CT molecular complexity index is 804. The molecule has 0 aliphatic rings. The summed E-state index contributed by atoms with van der Waals surface area (Å²) in [5.74, 6) is -0.800. The number of amides is 2. The number of esters is 1. The average molecular weight is 389 g/mol. The number of benzene rings is 2. The third kappa shape index (κ3) is 6.11. The van der Waals surface area contributed by atoms with Crippen molar-refractivity contribution in [2.45, 2.75) is 19.9 Å². The first-order chi connectivity index (χ1) is 12.9. The molecule has 2 rings (SSSR count). The lowest BCUT2D eigenvalue weighted by Gasteiger charge is -2.21. The van der Waals surface area contributed by atoms with Crippen LogP contribution in [-0.2, 0) is 20.9 Å². The number of carbonyl (C=O) groups excluding carboxylic acids is 3. The van der Waals surface area contributed by atoms with Gasteiger partial charge in [-0.1, -0.05) is 23.7 Å². The zero-order valence-corrected chi connectivity index (χ0v) is 16.0. The molecule has 0 bridgehead atoms. The molecule has 2 aromatic carbocycles. The van der Waals surface area contributed by atoms with Crippen molar-refractivity contribution in [3.8, 4) is 0 Å². The first-order valence-corrected chi connectivity index (χ1v) is 8.76. The summed E-state index contributed by atoms with van der Waals surface area (Å²) in [6, 6.07) is 13.7. The fraction of sp³-hybridized carbons (Fsp3) is 0.250. The van der Waals surface area contributed by atoms with Crippen LogP contribution in [0, 0.1) is 0 Å². The first-order valence-electron chi connectivity index (χ1n) is 8.38. The Morgan fingerprint density at radius 3 is 2.22 bits per heavy atom. The smallest absolute Gasteiger partial charge is 0.337 e. The number of nitrogens with zero attached hydrogens (tertiary/aromatic N) is 1. The molecule has 27 heavy (non-hydrogen) atoms. The Morgan fingerprint density at radius 2 is 1.67 bits per heavy atom. The van der Waals surface area contributed by atoms with E-state index in [1.54, 1.807) is 36.4 Å². The summed E-state index contributed by atoms with van der Waals surface area (Å²) >= 11 is 5.83. The molecular formula is C20H21ClN2O4. The predicted octanol–water partition coefficient (Wildman–Crippen LogP) is 3.19. The number of nitrogens with one attached hydrogen (secondary N) is 1. The lowest BCUT2D eigenvalue weighted by molar-refractivity contribution is -0.121. The van der Waals surface area contributed by atoms with Gasteiger partial charge in [0.1, 0.15) is 0 Å². The Labute approximate surface area is 163 Å². The van der Waals surface area contributed by atoms with Gasteiger partial charge in [0.15, 0.2) is 0 Å². The number of anilines is 1. The monoisotopic (exact) mass is 388 g/mol. The van der Waals surface area contributed by atoms with E-state index in [0.717, 1.165) is 5.56 Å². The topological polar surface area (TPSA) is 75.7 Å². The summed E-state index contributed by atoms with van der Waals surface area (Å²) < 4.78 is 4.65. The summed E-state index contributed by atoms with van der Waals surface area (Å²) in [5, 5.41) is 3.45. The van der Waals surface area contributed by atoms with Gasteiger partial charge in [0.25, 0.3) is 0 Å². The molecular weight excluding hydrogens is 368 g/mol. The van der Waals surface area contributed by atoms with Gasteiger partial charge < -0.3 is 15.0 Å². The van der Waals surface area contributed by atoms with Crippen molar-refractivity contribution in [3.05, 3.63) is 64.7 Å². The van der Waals surface area contributed by atoms with Gasteiger partial charge in [-0.05, 0) is 42.0 Å². The molecule has 0 unspecified atom stereocenters. The molecule has 142 valence electrons. The van der Waals surface area contributed by atoms with E-state index in [1.807, 2.05) is 12.1 Å². The molecule has 0 aromatic heterocycles. The SMILES string of the molecule is COC(=O)c1ccc(N(CCC(=O)NCc2ccc(Cl)cc2)C(C)=O)cc1.